The number of nitrogens with one attached hydrogen (secondary N) is 1. The molecule has 0 aliphatic carbocycles. The Morgan fingerprint density at radius 2 is 1.93 bits per heavy atom. The highest BCUT2D eigenvalue weighted by atomic mass is 35.5. The molecule has 0 atom stereocenters. The summed E-state index contributed by atoms with van der Waals surface area (Å²) in [5, 5.41) is 18.5. The lowest BCUT2D eigenvalue weighted by Gasteiger charge is -2.32. The average Bonchev–Trinajstić information content (AvgIpc) is 3.11. The average molecular weight is 405 g/mol. The van der Waals surface area contributed by atoms with Gasteiger partial charge in [0.05, 0.1) is 24.4 Å². The normalized spacial score (nSPS) is 15.9. The van der Waals surface area contributed by atoms with Gasteiger partial charge < -0.3 is 19.7 Å². The number of aromatic nitrogens is 3. The SMILES string of the molecule is CCOc1ccc(-c2cc3c(=O)n(CC4(O)CCNCC4)ccn3n2)cc1.Cl. The number of halogens is 1. The van der Waals surface area contributed by atoms with E-state index in [2.05, 4.69) is 10.4 Å². The molecule has 1 fully saturated rings. The van der Waals surface area contributed by atoms with Crippen molar-refractivity contribution in [3.05, 3.63) is 53.1 Å². The van der Waals surface area contributed by atoms with Crippen molar-refractivity contribution < 1.29 is 9.84 Å². The molecule has 2 N–H and O–H groups in total. The van der Waals surface area contributed by atoms with Crippen molar-refractivity contribution in [1.29, 1.82) is 0 Å². The molecular weight excluding hydrogens is 380 g/mol. The fraction of sp³-hybridized carbons (Fsp3) is 0.400. The van der Waals surface area contributed by atoms with E-state index in [9.17, 15) is 9.90 Å². The van der Waals surface area contributed by atoms with Crippen LogP contribution in [0.1, 0.15) is 19.8 Å². The number of rotatable bonds is 5. The van der Waals surface area contributed by atoms with Crippen LogP contribution in [0.25, 0.3) is 16.8 Å². The molecule has 150 valence electrons. The summed E-state index contributed by atoms with van der Waals surface area (Å²) in [6, 6.07) is 9.45. The van der Waals surface area contributed by atoms with Crippen LogP contribution in [0, 0.1) is 0 Å². The molecule has 28 heavy (non-hydrogen) atoms. The van der Waals surface area contributed by atoms with E-state index in [1.165, 1.54) is 0 Å². The van der Waals surface area contributed by atoms with E-state index in [0.717, 1.165) is 30.1 Å². The van der Waals surface area contributed by atoms with Crippen molar-refractivity contribution in [3.8, 4) is 17.0 Å². The molecule has 0 saturated carbocycles. The Morgan fingerprint density at radius 3 is 2.61 bits per heavy atom. The number of hydrogen-bond acceptors (Lipinski definition) is 5. The first-order chi connectivity index (χ1) is 13.1. The third kappa shape index (κ3) is 4.06. The second-order valence-electron chi connectivity index (χ2n) is 7.02. The maximum absolute atomic E-state index is 12.9. The van der Waals surface area contributed by atoms with Crippen molar-refractivity contribution in [3.63, 3.8) is 0 Å². The van der Waals surface area contributed by atoms with Crippen LogP contribution in [0.3, 0.4) is 0 Å². The highest BCUT2D eigenvalue weighted by Crippen LogP contribution is 2.23. The summed E-state index contributed by atoms with van der Waals surface area (Å²) in [5.41, 5.74) is 1.16. The Hall–Kier alpha value is -2.35. The topological polar surface area (TPSA) is 80.8 Å². The molecule has 0 spiro atoms. The van der Waals surface area contributed by atoms with E-state index >= 15 is 0 Å². The predicted molar refractivity (Wildman–Crippen MR) is 110 cm³/mol. The van der Waals surface area contributed by atoms with Gasteiger partial charge in [-0.05, 0) is 63.2 Å². The third-order valence-corrected chi connectivity index (χ3v) is 5.06. The van der Waals surface area contributed by atoms with Crippen LogP contribution in [0.2, 0.25) is 0 Å². The second kappa shape index (κ2) is 8.34. The third-order valence-electron chi connectivity index (χ3n) is 5.06. The van der Waals surface area contributed by atoms with E-state index in [-0.39, 0.29) is 18.0 Å². The number of aliphatic hydroxyl groups is 1. The lowest BCUT2D eigenvalue weighted by molar-refractivity contribution is -0.00613. The highest BCUT2D eigenvalue weighted by Gasteiger charge is 2.30. The summed E-state index contributed by atoms with van der Waals surface area (Å²) >= 11 is 0. The van der Waals surface area contributed by atoms with Gasteiger partial charge in [0.25, 0.3) is 5.56 Å². The van der Waals surface area contributed by atoms with E-state index in [4.69, 9.17) is 4.74 Å². The number of piperidine rings is 1. The first kappa shape index (κ1) is 20.4. The van der Waals surface area contributed by atoms with Gasteiger partial charge in [-0.3, -0.25) is 4.79 Å². The molecule has 1 aliphatic heterocycles. The summed E-state index contributed by atoms with van der Waals surface area (Å²) < 4.78 is 8.65. The van der Waals surface area contributed by atoms with Gasteiger partial charge in [-0.1, -0.05) is 0 Å². The lowest BCUT2D eigenvalue weighted by atomic mass is 9.92. The van der Waals surface area contributed by atoms with E-state index in [1.54, 1.807) is 27.5 Å². The Balaban J connectivity index is 0.00000225. The monoisotopic (exact) mass is 404 g/mol. The van der Waals surface area contributed by atoms with Gasteiger partial charge >= 0.3 is 0 Å². The number of nitrogens with zero attached hydrogens (tertiary/aromatic N) is 3. The summed E-state index contributed by atoms with van der Waals surface area (Å²) in [6.45, 7) is 4.40. The van der Waals surface area contributed by atoms with Gasteiger partial charge in [0.1, 0.15) is 11.3 Å². The summed E-state index contributed by atoms with van der Waals surface area (Å²) in [7, 11) is 0. The van der Waals surface area contributed by atoms with Crippen molar-refractivity contribution in [2.24, 2.45) is 0 Å². The fourth-order valence-corrected chi connectivity index (χ4v) is 3.55. The predicted octanol–water partition coefficient (Wildman–Crippen LogP) is 2.10. The maximum atomic E-state index is 12.9. The summed E-state index contributed by atoms with van der Waals surface area (Å²) in [5.74, 6) is 0.808. The van der Waals surface area contributed by atoms with Crippen LogP contribution in [-0.2, 0) is 6.54 Å². The van der Waals surface area contributed by atoms with Gasteiger partial charge in [0.15, 0.2) is 0 Å². The molecule has 1 saturated heterocycles. The van der Waals surface area contributed by atoms with Gasteiger partial charge in [-0.15, -0.1) is 12.4 Å². The van der Waals surface area contributed by atoms with Crippen molar-refractivity contribution in [1.82, 2.24) is 19.5 Å². The molecule has 4 rings (SSSR count). The van der Waals surface area contributed by atoms with Crippen molar-refractivity contribution in [2.75, 3.05) is 19.7 Å². The largest absolute Gasteiger partial charge is 0.494 e. The molecule has 2 aromatic heterocycles. The molecule has 0 unspecified atom stereocenters. The van der Waals surface area contributed by atoms with Gasteiger partial charge in [0.2, 0.25) is 0 Å². The van der Waals surface area contributed by atoms with Crippen LogP contribution in [0.5, 0.6) is 5.75 Å². The minimum atomic E-state index is -0.842. The minimum absolute atomic E-state index is 0. The number of benzene rings is 1. The molecule has 3 aromatic rings. The molecule has 3 heterocycles. The first-order valence-corrected chi connectivity index (χ1v) is 9.33. The number of ether oxygens (including phenoxy) is 1. The zero-order chi connectivity index (χ0) is 18.9. The fourth-order valence-electron chi connectivity index (χ4n) is 3.55. The second-order valence-corrected chi connectivity index (χ2v) is 7.02. The van der Waals surface area contributed by atoms with Gasteiger partial charge in [-0.2, -0.15) is 5.10 Å². The van der Waals surface area contributed by atoms with E-state index < -0.39 is 5.60 Å². The summed E-state index contributed by atoms with van der Waals surface area (Å²) in [6.07, 6.45) is 4.74. The zero-order valence-corrected chi connectivity index (χ0v) is 16.6. The lowest BCUT2D eigenvalue weighted by Crippen LogP contribution is -2.46. The van der Waals surface area contributed by atoms with Crippen LogP contribution in [0.4, 0.5) is 0 Å². The standard InChI is InChI=1S/C20H24N4O3.ClH/c1-2-27-16-5-3-15(4-6-16)17-13-18-19(25)23(11-12-24(18)22-17)14-20(26)7-9-21-10-8-20;/h3-6,11-13,21,26H,2,7-10,14H2,1H3;1H. The van der Waals surface area contributed by atoms with Crippen molar-refractivity contribution >= 4 is 17.9 Å². The molecule has 0 bridgehead atoms. The molecule has 0 radical (unpaired) electrons. The Kier molecular flexibility index (Phi) is 6.07. The maximum Gasteiger partial charge on any atom is 0.276 e. The molecular formula is C20H25ClN4O3. The van der Waals surface area contributed by atoms with Crippen LogP contribution < -0.4 is 15.6 Å². The minimum Gasteiger partial charge on any atom is -0.494 e. The van der Waals surface area contributed by atoms with Gasteiger partial charge in [0, 0.05) is 18.0 Å². The quantitative estimate of drug-likeness (QED) is 0.680. The molecule has 1 aliphatic rings. The molecule has 0 amide bonds. The molecule has 1 aromatic carbocycles. The Bertz CT molecular complexity index is 991. The first-order valence-electron chi connectivity index (χ1n) is 9.33. The molecule has 8 heteroatoms. The summed E-state index contributed by atoms with van der Waals surface area (Å²) in [4.78, 5) is 12.9. The Labute approximate surface area is 169 Å². The van der Waals surface area contributed by atoms with Gasteiger partial charge in [-0.25, -0.2) is 4.52 Å². The zero-order valence-electron chi connectivity index (χ0n) is 15.8. The van der Waals surface area contributed by atoms with Crippen LogP contribution >= 0.6 is 12.4 Å². The smallest absolute Gasteiger partial charge is 0.276 e. The van der Waals surface area contributed by atoms with Crippen LogP contribution in [-0.4, -0.2) is 44.6 Å². The van der Waals surface area contributed by atoms with Crippen molar-refractivity contribution in [2.45, 2.75) is 31.9 Å². The molecule has 7 nitrogen and oxygen atoms in total. The van der Waals surface area contributed by atoms with E-state index in [0.29, 0.717) is 31.5 Å². The number of hydrogen-bond donors (Lipinski definition) is 2. The highest BCUT2D eigenvalue weighted by molar-refractivity contribution is 5.85. The van der Waals surface area contributed by atoms with E-state index in [1.807, 2.05) is 31.2 Å². The Morgan fingerprint density at radius 1 is 1.21 bits per heavy atom. The van der Waals surface area contributed by atoms with Crippen LogP contribution in [0.15, 0.2) is 47.5 Å². The number of fused-ring (bicyclic) bond motifs is 1.